The third kappa shape index (κ3) is 5.40. The van der Waals surface area contributed by atoms with Crippen LogP contribution >= 0.6 is 0 Å². The molecule has 0 amide bonds. The van der Waals surface area contributed by atoms with Gasteiger partial charge in [-0.15, -0.1) is 0 Å². The maximum Gasteiger partial charge on any atom is 0.152 e. The van der Waals surface area contributed by atoms with Crippen molar-refractivity contribution in [1.29, 1.82) is 0 Å². The maximum absolute atomic E-state index is 11.5. The van der Waals surface area contributed by atoms with Gasteiger partial charge in [0.25, 0.3) is 0 Å². The Morgan fingerprint density at radius 2 is 2.00 bits per heavy atom. The summed E-state index contributed by atoms with van der Waals surface area (Å²) in [4.78, 5) is 0. The van der Waals surface area contributed by atoms with Crippen molar-refractivity contribution in [2.24, 2.45) is 5.73 Å². The Labute approximate surface area is 87.3 Å². The Morgan fingerprint density at radius 3 is 2.43 bits per heavy atom. The Morgan fingerprint density at radius 1 is 1.43 bits per heavy atom. The zero-order valence-electron chi connectivity index (χ0n) is 9.29. The van der Waals surface area contributed by atoms with Crippen molar-refractivity contribution in [3.63, 3.8) is 0 Å². The number of sulfone groups is 1. The second-order valence-corrected chi connectivity index (χ2v) is 6.47. The number of allylic oxidation sites excluding steroid dienone is 1. The lowest BCUT2D eigenvalue weighted by Crippen LogP contribution is -2.17. The topological polar surface area (TPSA) is 60.2 Å². The Hall–Kier alpha value is -0.350. The molecule has 4 heteroatoms. The molecule has 84 valence electrons. The molecule has 0 aromatic rings. The van der Waals surface area contributed by atoms with Crippen LogP contribution in [0.1, 0.15) is 33.6 Å². The van der Waals surface area contributed by atoms with E-state index in [-0.39, 0.29) is 11.0 Å². The SMILES string of the molecule is CC(=CCCN)CCS(=O)(=O)C(C)C. The normalized spacial score (nSPS) is 13.6. The van der Waals surface area contributed by atoms with Crippen molar-refractivity contribution in [2.45, 2.75) is 38.9 Å². The second kappa shape index (κ2) is 6.19. The van der Waals surface area contributed by atoms with E-state index >= 15 is 0 Å². The molecular weight excluding hydrogens is 198 g/mol. The third-order valence-electron chi connectivity index (χ3n) is 2.16. The fraction of sp³-hybridized carbons (Fsp3) is 0.800. The van der Waals surface area contributed by atoms with Crippen molar-refractivity contribution in [3.05, 3.63) is 11.6 Å². The van der Waals surface area contributed by atoms with Crippen molar-refractivity contribution >= 4 is 9.84 Å². The van der Waals surface area contributed by atoms with Crippen LogP contribution in [0.3, 0.4) is 0 Å². The minimum Gasteiger partial charge on any atom is -0.330 e. The molecular formula is C10H21NO2S. The van der Waals surface area contributed by atoms with Gasteiger partial charge in [0.1, 0.15) is 0 Å². The molecule has 2 N–H and O–H groups in total. The molecule has 0 aliphatic carbocycles. The van der Waals surface area contributed by atoms with E-state index in [1.54, 1.807) is 13.8 Å². The van der Waals surface area contributed by atoms with Gasteiger partial charge in [-0.25, -0.2) is 8.42 Å². The largest absolute Gasteiger partial charge is 0.330 e. The van der Waals surface area contributed by atoms with Crippen molar-refractivity contribution in [2.75, 3.05) is 12.3 Å². The highest BCUT2D eigenvalue weighted by molar-refractivity contribution is 7.91. The highest BCUT2D eigenvalue weighted by atomic mass is 32.2. The molecule has 0 rings (SSSR count). The third-order valence-corrected chi connectivity index (χ3v) is 4.37. The minimum absolute atomic E-state index is 0.248. The number of rotatable bonds is 6. The standard InChI is InChI=1S/C10H21NO2S/c1-9(2)14(12,13)8-6-10(3)5-4-7-11/h5,9H,4,6-8,11H2,1-3H3. The smallest absolute Gasteiger partial charge is 0.152 e. The van der Waals surface area contributed by atoms with Crippen LogP contribution in [0.2, 0.25) is 0 Å². The Balaban J connectivity index is 4.07. The van der Waals surface area contributed by atoms with Crippen molar-refractivity contribution in [1.82, 2.24) is 0 Å². The van der Waals surface area contributed by atoms with Crippen LogP contribution in [0.5, 0.6) is 0 Å². The van der Waals surface area contributed by atoms with E-state index in [2.05, 4.69) is 0 Å². The van der Waals surface area contributed by atoms with E-state index in [1.807, 2.05) is 13.0 Å². The molecule has 0 radical (unpaired) electrons. The van der Waals surface area contributed by atoms with Crippen LogP contribution in [0.25, 0.3) is 0 Å². The number of hydrogen-bond acceptors (Lipinski definition) is 3. The molecule has 0 unspecified atom stereocenters. The van der Waals surface area contributed by atoms with Crippen LogP contribution in [-0.2, 0) is 9.84 Å². The lowest BCUT2D eigenvalue weighted by Gasteiger charge is -2.07. The summed E-state index contributed by atoms with van der Waals surface area (Å²) in [5, 5.41) is -0.273. The minimum atomic E-state index is -2.89. The van der Waals surface area contributed by atoms with Gasteiger partial charge < -0.3 is 5.73 Å². The molecule has 0 spiro atoms. The van der Waals surface area contributed by atoms with E-state index in [9.17, 15) is 8.42 Å². The van der Waals surface area contributed by atoms with Crippen LogP contribution in [0.15, 0.2) is 11.6 Å². The highest BCUT2D eigenvalue weighted by Gasteiger charge is 2.15. The van der Waals surface area contributed by atoms with Gasteiger partial charge >= 0.3 is 0 Å². The van der Waals surface area contributed by atoms with Gasteiger partial charge in [-0.05, 0) is 40.2 Å². The summed E-state index contributed by atoms with van der Waals surface area (Å²) in [6, 6.07) is 0. The van der Waals surface area contributed by atoms with Crippen molar-refractivity contribution in [3.8, 4) is 0 Å². The zero-order valence-corrected chi connectivity index (χ0v) is 10.1. The first-order valence-corrected chi connectivity index (χ1v) is 6.69. The number of hydrogen-bond donors (Lipinski definition) is 1. The first-order valence-electron chi connectivity index (χ1n) is 4.97. The fourth-order valence-electron chi connectivity index (χ4n) is 0.971. The molecule has 3 nitrogen and oxygen atoms in total. The lowest BCUT2D eigenvalue weighted by molar-refractivity contribution is 0.586. The van der Waals surface area contributed by atoms with E-state index < -0.39 is 9.84 Å². The molecule has 0 bridgehead atoms. The number of nitrogens with two attached hydrogens (primary N) is 1. The summed E-state index contributed by atoms with van der Waals surface area (Å²) in [5.74, 6) is 0.248. The summed E-state index contributed by atoms with van der Waals surface area (Å²) < 4.78 is 22.9. The highest BCUT2D eigenvalue weighted by Crippen LogP contribution is 2.08. The maximum atomic E-state index is 11.5. The van der Waals surface area contributed by atoms with Crippen molar-refractivity contribution < 1.29 is 8.42 Å². The molecule has 0 aromatic carbocycles. The van der Waals surface area contributed by atoms with Gasteiger partial charge in [0.05, 0.1) is 11.0 Å². The molecule has 0 aromatic heterocycles. The van der Waals surface area contributed by atoms with E-state index in [1.165, 1.54) is 0 Å². The average molecular weight is 219 g/mol. The summed E-state index contributed by atoms with van der Waals surface area (Å²) in [7, 11) is -2.89. The second-order valence-electron chi connectivity index (χ2n) is 3.79. The summed E-state index contributed by atoms with van der Waals surface area (Å²) in [5.41, 5.74) is 6.45. The van der Waals surface area contributed by atoms with E-state index in [0.29, 0.717) is 13.0 Å². The predicted molar refractivity (Wildman–Crippen MR) is 61.0 cm³/mol. The summed E-state index contributed by atoms with van der Waals surface area (Å²) >= 11 is 0. The van der Waals surface area contributed by atoms with Gasteiger partial charge in [0.2, 0.25) is 0 Å². The van der Waals surface area contributed by atoms with Gasteiger partial charge in [0, 0.05) is 0 Å². The molecule has 0 fully saturated rings. The molecule has 0 saturated heterocycles. The monoisotopic (exact) mass is 219 g/mol. The first kappa shape index (κ1) is 13.7. The van der Waals surface area contributed by atoms with Crippen LogP contribution in [0.4, 0.5) is 0 Å². The molecule has 0 saturated carbocycles. The average Bonchev–Trinajstić information content (AvgIpc) is 2.11. The van der Waals surface area contributed by atoms with E-state index in [4.69, 9.17) is 5.73 Å². The quantitative estimate of drug-likeness (QED) is 0.689. The zero-order chi connectivity index (χ0) is 11.2. The van der Waals surface area contributed by atoms with Crippen LogP contribution in [0, 0.1) is 0 Å². The van der Waals surface area contributed by atoms with Gasteiger partial charge in [-0.2, -0.15) is 0 Å². The fourth-order valence-corrected chi connectivity index (χ4v) is 2.05. The molecule has 0 heterocycles. The lowest BCUT2D eigenvalue weighted by atomic mass is 10.2. The molecule has 0 aliphatic heterocycles. The summed E-state index contributed by atoms with van der Waals surface area (Å²) in [6.45, 7) is 6.00. The van der Waals surface area contributed by atoms with Gasteiger partial charge in [0.15, 0.2) is 9.84 Å². The Kier molecular flexibility index (Phi) is 6.04. The Bertz CT molecular complexity index is 278. The molecule has 0 atom stereocenters. The predicted octanol–water partition coefficient (Wildman–Crippen LogP) is 1.49. The van der Waals surface area contributed by atoms with Crippen LogP contribution < -0.4 is 5.73 Å². The molecule has 0 aliphatic rings. The van der Waals surface area contributed by atoms with Crippen LogP contribution in [-0.4, -0.2) is 26.0 Å². The van der Waals surface area contributed by atoms with Gasteiger partial charge in [-0.1, -0.05) is 11.6 Å². The van der Waals surface area contributed by atoms with E-state index in [0.717, 1.165) is 12.0 Å². The molecule has 14 heavy (non-hydrogen) atoms. The first-order chi connectivity index (χ1) is 6.40. The summed E-state index contributed by atoms with van der Waals surface area (Å²) in [6.07, 6.45) is 3.46. The van der Waals surface area contributed by atoms with Gasteiger partial charge in [-0.3, -0.25) is 0 Å².